The highest BCUT2D eigenvalue weighted by Crippen LogP contribution is 2.35. The molecule has 2 aromatic rings. The van der Waals surface area contributed by atoms with Crippen LogP contribution >= 0.6 is 0 Å². The molecule has 1 atom stereocenters. The summed E-state index contributed by atoms with van der Waals surface area (Å²) < 4.78 is 11.1. The molecule has 3 heterocycles. The first-order valence-electron chi connectivity index (χ1n) is 10.2. The summed E-state index contributed by atoms with van der Waals surface area (Å²) in [6, 6.07) is 12.6. The third kappa shape index (κ3) is 4.42. The third-order valence-electron chi connectivity index (χ3n) is 5.92. The van der Waals surface area contributed by atoms with Crippen LogP contribution in [-0.2, 0) is 20.7 Å². The lowest BCUT2D eigenvalue weighted by Gasteiger charge is -2.37. The Balaban J connectivity index is 1.49. The molecule has 1 amide bonds. The smallest absolute Gasteiger partial charge is 0.227 e. The Labute approximate surface area is 166 Å². The van der Waals surface area contributed by atoms with Gasteiger partial charge in [0.25, 0.3) is 0 Å². The van der Waals surface area contributed by atoms with E-state index in [9.17, 15) is 4.79 Å². The lowest BCUT2D eigenvalue weighted by Crippen LogP contribution is -2.51. The van der Waals surface area contributed by atoms with Crippen LogP contribution in [0.15, 0.2) is 48.8 Å². The minimum atomic E-state index is -0.397. The van der Waals surface area contributed by atoms with Crippen LogP contribution in [-0.4, -0.2) is 43.4 Å². The molecule has 0 saturated carbocycles. The Morgan fingerprint density at radius 1 is 1.07 bits per heavy atom. The normalized spacial score (nSPS) is 21.8. The minimum absolute atomic E-state index is 0.133. The van der Waals surface area contributed by atoms with Crippen molar-refractivity contribution < 1.29 is 14.3 Å². The zero-order chi connectivity index (χ0) is 19.2. The van der Waals surface area contributed by atoms with Gasteiger partial charge in [-0.1, -0.05) is 30.3 Å². The number of aromatic nitrogens is 1. The zero-order valence-electron chi connectivity index (χ0n) is 16.2. The molecule has 2 aliphatic rings. The zero-order valence-corrected chi connectivity index (χ0v) is 16.2. The van der Waals surface area contributed by atoms with Crippen molar-refractivity contribution in [2.24, 2.45) is 5.41 Å². The van der Waals surface area contributed by atoms with Gasteiger partial charge in [0.05, 0.1) is 18.1 Å². The fourth-order valence-electron chi connectivity index (χ4n) is 4.18. The van der Waals surface area contributed by atoms with Crippen molar-refractivity contribution in [1.29, 1.82) is 0 Å². The molecule has 0 aliphatic carbocycles. The average molecular weight is 380 g/mol. The van der Waals surface area contributed by atoms with Gasteiger partial charge in [-0.25, -0.2) is 0 Å². The summed E-state index contributed by atoms with van der Waals surface area (Å²) in [5.74, 6) is 0.155. The Bertz CT molecular complexity index is 764. The molecule has 2 saturated heterocycles. The largest absolute Gasteiger partial charge is 0.381 e. The van der Waals surface area contributed by atoms with Crippen LogP contribution in [0.1, 0.15) is 31.2 Å². The molecule has 2 aliphatic heterocycles. The first-order valence-corrected chi connectivity index (χ1v) is 10.2. The molecule has 0 unspecified atom stereocenters. The van der Waals surface area contributed by atoms with Gasteiger partial charge in [-0.15, -0.1) is 0 Å². The van der Waals surface area contributed by atoms with E-state index in [-0.39, 0.29) is 11.9 Å². The maximum atomic E-state index is 13.3. The highest BCUT2D eigenvalue weighted by atomic mass is 16.5. The number of pyridine rings is 1. The summed E-state index contributed by atoms with van der Waals surface area (Å²) >= 11 is 0. The summed E-state index contributed by atoms with van der Waals surface area (Å²) in [7, 11) is 0. The number of benzene rings is 1. The molecule has 2 fully saturated rings. The molecular weight excluding hydrogens is 352 g/mol. The number of hydrogen-bond donors (Lipinski definition) is 1. The first kappa shape index (κ1) is 19.1. The van der Waals surface area contributed by atoms with Crippen LogP contribution in [0.4, 0.5) is 0 Å². The highest BCUT2D eigenvalue weighted by molar-refractivity contribution is 5.83. The van der Waals surface area contributed by atoms with Gasteiger partial charge in [-0.3, -0.25) is 9.78 Å². The van der Waals surface area contributed by atoms with Gasteiger partial charge in [0, 0.05) is 32.2 Å². The predicted molar refractivity (Wildman–Crippen MR) is 108 cm³/mol. The number of nitrogens with zero attached hydrogens (tertiary/aromatic N) is 1. The minimum Gasteiger partial charge on any atom is -0.381 e. The van der Waals surface area contributed by atoms with Gasteiger partial charge < -0.3 is 14.8 Å². The van der Waals surface area contributed by atoms with Crippen molar-refractivity contribution in [1.82, 2.24) is 10.3 Å². The molecule has 0 spiro atoms. The number of ether oxygens (including phenoxy) is 2. The molecule has 0 radical (unpaired) electrons. The van der Waals surface area contributed by atoms with Gasteiger partial charge in [-0.2, -0.15) is 0 Å². The molecule has 0 bridgehead atoms. The number of hydrogen-bond acceptors (Lipinski definition) is 4. The predicted octanol–water partition coefficient (Wildman–Crippen LogP) is 3.38. The van der Waals surface area contributed by atoms with Crippen LogP contribution in [0.3, 0.4) is 0 Å². The van der Waals surface area contributed by atoms with Gasteiger partial charge in [0.2, 0.25) is 5.91 Å². The molecular formula is C23H28N2O3. The SMILES string of the molecule is O=C(N[C@H]1CCCOC1)C1(Cc2ccc(-c3cccnc3)cc2)CCOCC1. The lowest BCUT2D eigenvalue weighted by atomic mass is 9.74. The summed E-state index contributed by atoms with van der Waals surface area (Å²) in [5.41, 5.74) is 3.03. The number of carbonyl (C=O) groups is 1. The van der Waals surface area contributed by atoms with Crippen LogP contribution < -0.4 is 5.32 Å². The van der Waals surface area contributed by atoms with E-state index >= 15 is 0 Å². The number of carbonyl (C=O) groups excluding carboxylic acids is 1. The fraction of sp³-hybridized carbons (Fsp3) is 0.478. The van der Waals surface area contributed by atoms with Crippen molar-refractivity contribution in [3.05, 3.63) is 54.4 Å². The van der Waals surface area contributed by atoms with E-state index in [0.717, 1.165) is 49.8 Å². The summed E-state index contributed by atoms with van der Waals surface area (Å²) in [6.45, 7) is 2.71. The maximum Gasteiger partial charge on any atom is 0.227 e. The van der Waals surface area contributed by atoms with Crippen LogP contribution in [0, 0.1) is 5.41 Å². The standard InChI is InChI=1S/C23H28N2O3/c26-22(25-21-4-2-12-28-17-21)23(9-13-27-14-10-23)15-18-5-7-19(8-6-18)20-3-1-11-24-16-20/h1,3,5-8,11,16,21H,2,4,9-10,12-15,17H2,(H,25,26)/t21-/m0/s1. The van der Waals surface area contributed by atoms with Gasteiger partial charge in [-0.05, 0) is 54.9 Å². The number of amides is 1. The highest BCUT2D eigenvalue weighted by Gasteiger charge is 2.41. The Morgan fingerprint density at radius 2 is 1.89 bits per heavy atom. The van der Waals surface area contributed by atoms with Crippen LogP contribution in [0.2, 0.25) is 0 Å². The molecule has 28 heavy (non-hydrogen) atoms. The monoisotopic (exact) mass is 380 g/mol. The number of rotatable bonds is 5. The summed E-state index contributed by atoms with van der Waals surface area (Å²) in [4.78, 5) is 17.4. The van der Waals surface area contributed by atoms with E-state index in [1.165, 1.54) is 5.56 Å². The number of nitrogens with one attached hydrogen (secondary N) is 1. The first-order chi connectivity index (χ1) is 13.8. The second-order valence-electron chi connectivity index (χ2n) is 7.90. The molecule has 5 heteroatoms. The maximum absolute atomic E-state index is 13.3. The Hall–Kier alpha value is -2.24. The van der Waals surface area contributed by atoms with Crippen LogP contribution in [0.5, 0.6) is 0 Å². The molecule has 1 N–H and O–H groups in total. The van der Waals surface area contributed by atoms with Crippen molar-refractivity contribution in [2.75, 3.05) is 26.4 Å². The lowest BCUT2D eigenvalue weighted by molar-refractivity contribution is -0.138. The molecule has 1 aromatic carbocycles. The summed E-state index contributed by atoms with van der Waals surface area (Å²) in [6.07, 6.45) is 7.92. The molecule has 1 aromatic heterocycles. The van der Waals surface area contributed by atoms with E-state index < -0.39 is 5.41 Å². The fourth-order valence-corrected chi connectivity index (χ4v) is 4.18. The van der Waals surface area contributed by atoms with Gasteiger partial charge in [0.1, 0.15) is 0 Å². The Morgan fingerprint density at radius 3 is 2.57 bits per heavy atom. The van der Waals surface area contributed by atoms with E-state index in [2.05, 4.69) is 40.6 Å². The average Bonchev–Trinajstić information content (AvgIpc) is 2.76. The quantitative estimate of drug-likeness (QED) is 0.864. The van der Waals surface area contributed by atoms with Crippen molar-refractivity contribution >= 4 is 5.91 Å². The molecule has 5 nitrogen and oxygen atoms in total. The van der Waals surface area contributed by atoms with Crippen molar-refractivity contribution in [3.8, 4) is 11.1 Å². The third-order valence-corrected chi connectivity index (χ3v) is 5.92. The van der Waals surface area contributed by atoms with Crippen molar-refractivity contribution in [3.63, 3.8) is 0 Å². The van der Waals surface area contributed by atoms with E-state index in [0.29, 0.717) is 19.8 Å². The second-order valence-corrected chi connectivity index (χ2v) is 7.90. The Kier molecular flexibility index (Phi) is 6.03. The summed E-state index contributed by atoms with van der Waals surface area (Å²) in [5, 5.41) is 3.26. The van der Waals surface area contributed by atoms with E-state index in [1.807, 2.05) is 12.3 Å². The molecule has 148 valence electrons. The second kappa shape index (κ2) is 8.84. The van der Waals surface area contributed by atoms with Gasteiger partial charge in [0.15, 0.2) is 0 Å². The molecule has 4 rings (SSSR count). The topological polar surface area (TPSA) is 60.5 Å². The van der Waals surface area contributed by atoms with Crippen molar-refractivity contribution in [2.45, 2.75) is 38.1 Å². The van der Waals surface area contributed by atoms with Gasteiger partial charge >= 0.3 is 0 Å². The van der Waals surface area contributed by atoms with E-state index in [4.69, 9.17) is 9.47 Å². The van der Waals surface area contributed by atoms with Crippen LogP contribution in [0.25, 0.3) is 11.1 Å². The van der Waals surface area contributed by atoms with E-state index in [1.54, 1.807) is 6.20 Å².